The molecule has 4 nitrogen and oxygen atoms in total. The van der Waals surface area contributed by atoms with Crippen molar-refractivity contribution in [3.63, 3.8) is 0 Å². The van der Waals surface area contributed by atoms with E-state index in [0.29, 0.717) is 5.70 Å². The molecule has 0 aromatic rings. The number of nitrogens with one attached hydrogen (secondary N) is 1. The van der Waals surface area contributed by atoms with Crippen LogP contribution < -0.4 is 5.32 Å². The van der Waals surface area contributed by atoms with Crippen LogP contribution >= 0.6 is 11.6 Å². The largest absolute Gasteiger partial charge is 0.425 e. The third kappa shape index (κ3) is 3.39. The van der Waals surface area contributed by atoms with E-state index in [9.17, 15) is 4.79 Å². The number of halogens is 1. The van der Waals surface area contributed by atoms with E-state index in [-0.39, 0.29) is 5.03 Å². The van der Waals surface area contributed by atoms with Crippen molar-refractivity contribution >= 4 is 17.6 Å². The lowest BCUT2D eigenvalue weighted by Crippen LogP contribution is -2.25. The number of rotatable bonds is 7. The van der Waals surface area contributed by atoms with E-state index in [2.05, 4.69) is 12.2 Å². The normalized spacial score (nSPS) is 20.2. The Morgan fingerprint density at radius 2 is 2.19 bits per heavy atom. The number of carbonyl (C=O) groups excluding carboxylic acids is 1. The van der Waals surface area contributed by atoms with Crippen molar-refractivity contribution in [2.45, 2.75) is 38.9 Å². The molecule has 92 valence electrons. The average molecular weight is 248 g/mol. The summed E-state index contributed by atoms with van der Waals surface area (Å²) < 4.78 is 9.88. The molecule has 0 aliphatic carbocycles. The maximum Gasteiger partial charge on any atom is 0.354 e. The van der Waals surface area contributed by atoms with E-state index in [1.54, 1.807) is 0 Å². The van der Waals surface area contributed by atoms with Gasteiger partial charge in [0.2, 0.25) is 6.29 Å². The number of hydrogen-bond acceptors (Lipinski definition) is 4. The van der Waals surface area contributed by atoms with Gasteiger partial charge in [0, 0.05) is 13.7 Å². The summed E-state index contributed by atoms with van der Waals surface area (Å²) in [6.45, 7) is 2.94. The van der Waals surface area contributed by atoms with Crippen molar-refractivity contribution in [3.8, 4) is 0 Å². The van der Waals surface area contributed by atoms with Crippen LogP contribution in [0.15, 0.2) is 10.7 Å². The lowest BCUT2D eigenvalue weighted by atomic mass is 10.2. The van der Waals surface area contributed by atoms with Gasteiger partial charge in [-0.3, -0.25) is 0 Å². The standard InChI is InChI=1S/C11H18ClNO3/c1-3-4-5-6-7-13-9-8(12)10(14)16-11(9)15-2/h11,13H,3-7H2,1-2H3. The Labute approximate surface area is 101 Å². The number of methoxy groups -OCH3 is 1. The van der Waals surface area contributed by atoms with Gasteiger partial charge in [0.25, 0.3) is 0 Å². The summed E-state index contributed by atoms with van der Waals surface area (Å²) in [4.78, 5) is 11.2. The van der Waals surface area contributed by atoms with Gasteiger partial charge in [0.1, 0.15) is 5.70 Å². The van der Waals surface area contributed by atoms with E-state index >= 15 is 0 Å². The van der Waals surface area contributed by atoms with Crippen LogP contribution in [0.25, 0.3) is 0 Å². The Kier molecular flexibility index (Phi) is 5.63. The highest BCUT2D eigenvalue weighted by molar-refractivity contribution is 6.42. The van der Waals surface area contributed by atoms with Crippen molar-refractivity contribution in [3.05, 3.63) is 10.7 Å². The zero-order valence-electron chi connectivity index (χ0n) is 9.72. The molecule has 0 saturated carbocycles. The van der Waals surface area contributed by atoms with Crippen LogP contribution in [0.5, 0.6) is 0 Å². The summed E-state index contributed by atoms with van der Waals surface area (Å²) >= 11 is 5.80. The van der Waals surface area contributed by atoms with Gasteiger partial charge in [-0.15, -0.1) is 0 Å². The van der Waals surface area contributed by atoms with Crippen LogP contribution in [0.3, 0.4) is 0 Å². The molecule has 1 heterocycles. The fourth-order valence-electron chi connectivity index (χ4n) is 1.52. The quantitative estimate of drug-likeness (QED) is 0.553. The monoisotopic (exact) mass is 247 g/mol. The molecule has 0 bridgehead atoms. The van der Waals surface area contributed by atoms with Gasteiger partial charge < -0.3 is 14.8 Å². The van der Waals surface area contributed by atoms with Crippen molar-refractivity contribution in [1.82, 2.24) is 5.32 Å². The van der Waals surface area contributed by atoms with Gasteiger partial charge in [-0.25, -0.2) is 4.79 Å². The van der Waals surface area contributed by atoms with Gasteiger partial charge in [-0.05, 0) is 6.42 Å². The summed E-state index contributed by atoms with van der Waals surface area (Å²) in [7, 11) is 1.48. The number of hydrogen-bond donors (Lipinski definition) is 1. The summed E-state index contributed by atoms with van der Waals surface area (Å²) in [5.41, 5.74) is 0.547. The number of cyclic esters (lactones) is 1. The lowest BCUT2D eigenvalue weighted by molar-refractivity contribution is -0.155. The minimum atomic E-state index is -0.675. The highest BCUT2D eigenvalue weighted by atomic mass is 35.5. The maximum absolute atomic E-state index is 11.2. The molecule has 0 amide bonds. The van der Waals surface area contributed by atoms with Crippen LogP contribution in [0.4, 0.5) is 0 Å². The molecule has 5 heteroatoms. The molecule has 1 atom stereocenters. The first-order chi connectivity index (χ1) is 7.70. The Morgan fingerprint density at radius 3 is 2.81 bits per heavy atom. The number of esters is 1. The first-order valence-electron chi connectivity index (χ1n) is 5.58. The Balaban J connectivity index is 2.36. The Morgan fingerprint density at radius 1 is 1.44 bits per heavy atom. The van der Waals surface area contributed by atoms with Gasteiger partial charge in [-0.1, -0.05) is 37.8 Å². The fraction of sp³-hybridized carbons (Fsp3) is 0.727. The van der Waals surface area contributed by atoms with Gasteiger partial charge in [-0.2, -0.15) is 0 Å². The second kappa shape index (κ2) is 6.76. The third-order valence-electron chi connectivity index (χ3n) is 2.43. The molecule has 1 N–H and O–H groups in total. The number of unbranched alkanes of at least 4 members (excludes halogenated alkanes) is 3. The highest BCUT2D eigenvalue weighted by Crippen LogP contribution is 2.23. The Hall–Kier alpha value is -0.740. The van der Waals surface area contributed by atoms with Crippen molar-refractivity contribution in [1.29, 1.82) is 0 Å². The smallest absolute Gasteiger partial charge is 0.354 e. The van der Waals surface area contributed by atoms with Gasteiger partial charge in [0.15, 0.2) is 5.03 Å². The van der Waals surface area contributed by atoms with Crippen LogP contribution in [0.1, 0.15) is 32.6 Å². The van der Waals surface area contributed by atoms with E-state index in [4.69, 9.17) is 21.1 Å². The SMILES string of the molecule is CCCCCCNC1=C(Cl)C(=O)OC1OC. The zero-order valence-corrected chi connectivity index (χ0v) is 10.5. The second-order valence-electron chi connectivity index (χ2n) is 3.69. The second-order valence-corrected chi connectivity index (χ2v) is 4.07. The van der Waals surface area contributed by atoms with Crippen LogP contribution in [-0.4, -0.2) is 25.9 Å². The van der Waals surface area contributed by atoms with E-state index in [1.807, 2.05) is 0 Å². The fourth-order valence-corrected chi connectivity index (χ4v) is 1.72. The molecule has 16 heavy (non-hydrogen) atoms. The number of carbonyl (C=O) groups is 1. The summed E-state index contributed by atoms with van der Waals surface area (Å²) in [5.74, 6) is -0.524. The minimum Gasteiger partial charge on any atom is -0.425 e. The molecule has 0 aromatic heterocycles. The number of ether oxygens (including phenoxy) is 2. The predicted octanol–water partition coefficient (Wildman–Crippen LogP) is 2.14. The Bertz CT molecular complexity index is 278. The van der Waals surface area contributed by atoms with Crippen LogP contribution in [0.2, 0.25) is 0 Å². The molecule has 0 fully saturated rings. The molecule has 1 aliphatic heterocycles. The van der Waals surface area contributed by atoms with Crippen LogP contribution in [0, 0.1) is 0 Å². The zero-order chi connectivity index (χ0) is 12.0. The maximum atomic E-state index is 11.2. The topological polar surface area (TPSA) is 47.6 Å². The first kappa shape index (κ1) is 13.3. The van der Waals surface area contributed by atoms with Crippen molar-refractivity contribution in [2.75, 3.05) is 13.7 Å². The molecule has 0 radical (unpaired) electrons. The molecule has 0 spiro atoms. The van der Waals surface area contributed by atoms with E-state index in [0.717, 1.165) is 13.0 Å². The van der Waals surface area contributed by atoms with E-state index in [1.165, 1.54) is 26.4 Å². The molecule has 1 unspecified atom stereocenters. The first-order valence-corrected chi connectivity index (χ1v) is 5.95. The van der Waals surface area contributed by atoms with Crippen LogP contribution in [-0.2, 0) is 14.3 Å². The average Bonchev–Trinajstić information content (AvgIpc) is 2.56. The molecule has 1 rings (SSSR count). The highest BCUT2D eigenvalue weighted by Gasteiger charge is 2.32. The predicted molar refractivity (Wildman–Crippen MR) is 61.9 cm³/mol. The summed E-state index contributed by atoms with van der Waals surface area (Å²) in [6.07, 6.45) is 3.96. The third-order valence-corrected chi connectivity index (χ3v) is 2.78. The summed E-state index contributed by atoms with van der Waals surface area (Å²) in [6, 6.07) is 0. The molecular weight excluding hydrogens is 230 g/mol. The van der Waals surface area contributed by atoms with Crippen molar-refractivity contribution in [2.24, 2.45) is 0 Å². The minimum absolute atomic E-state index is 0.0994. The van der Waals surface area contributed by atoms with Gasteiger partial charge >= 0.3 is 5.97 Å². The lowest BCUT2D eigenvalue weighted by Gasteiger charge is -2.13. The summed E-state index contributed by atoms with van der Waals surface area (Å²) in [5, 5.41) is 3.20. The molecule has 1 aliphatic rings. The van der Waals surface area contributed by atoms with Crippen molar-refractivity contribution < 1.29 is 14.3 Å². The molecular formula is C11H18ClNO3. The van der Waals surface area contributed by atoms with Gasteiger partial charge in [0.05, 0.1) is 0 Å². The molecule has 0 aromatic carbocycles. The molecule has 0 saturated heterocycles. The van der Waals surface area contributed by atoms with E-state index < -0.39 is 12.3 Å².